The molecule has 0 radical (unpaired) electrons. The third-order valence-electron chi connectivity index (χ3n) is 3.60. The van der Waals surface area contributed by atoms with Crippen molar-refractivity contribution in [2.75, 3.05) is 0 Å². The number of aliphatic hydroxyl groups excluding tert-OH is 1. The highest BCUT2D eigenvalue weighted by molar-refractivity contribution is 5.84. The summed E-state index contributed by atoms with van der Waals surface area (Å²) in [6.45, 7) is -0.0857. The highest BCUT2D eigenvalue weighted by Gasteiger charge is 2.48. The average Bonchev–Trinajstić information content (AvgIpc) is 2.60. The Labute approximate surface area is 138 Å². The van der Waals surface area contributed by atoms with Crippen LogP contribution in [0.3, 0.4) is 0 Å². The largest absolute Gasteiger partial charge is 0.385 e. The van der Waals surface area contributed by atoms with Crippen LogP contribution >= 0.6 is 0 Å². The number of halogens is 2. The number of aromatic nitrogens is 1. The summed E-state index contributed by atoms with van der Waals surface area (Å²) in [6.07, 6.45) is 0.735. The summed E-state index contributed by atoms with van der Waals surface area (Å²) in [6, 6.07) is 10.6. The van der Waals surface area contributed by atoms with Crippen LogP contribution in [0.5, 0.6) is 0 Å². The molecule has 0 aliphatic heterocycles. The van der Waals surface area contributed by atoms with Gasteiger partial charge in [0.2, 0.25) is 0 Å². The summed E-state index contributed by atoms with van der Waals surface area (Å²) in [5.41, 5.74) is 6.99. The second kappa shape index (κ2) is 7.94. The van der Waals surface area contributed by atoms with Gasteiger partial charge in [-0.1, -0.05) is 30.3 Å². The van der Waals surface area contributed by atoms with E-state index in [1.165, 1.54) is 12.4 Å². The monoisotopic (exact) mass is 335 g/mol. The second-order valence-corrected chi connectivity index (χ2v) is 5.46. The summed E-state index contributed by atoms with van der Waals surface area (Å²) < 4.78 is 28.2. The minimum atomic E-state index is -3.98. The van der Waals surface area contributed by atoms with E-state index in [0.717, 1.165) is 0 Å². The number of hydrogen-bond acceptors (Lipinski definition) is 4. The van der Waals surface area contributed by atoms with Crippen LogP contribution in [0.4, 0.5) is 8.78 Å². The molecule has 0 aliphatic rings. The van der Waals surface area contributed by atoms with Gasteiger partial charge in [0.25, 0.3) is 5.91 Å². The second-order valence-electron chi connectivity index (χ2n) is 5.46. The topological polar surface area (TPSA) is 88.2 Å². The van der Waals surface area contributed by atoms with E-state index in [1.54, 1.807) is 42.5 Å². The average molecular weight is 335 g/mol. The zero-order valence-corrected chi connectivity index (χ0v) is 12.9. The number of alkyl halides is 2. The number of pyridine rings is 1. The van der Waals surface area contributed by atoms with Gasteiger partial charge < -0.3 is 16.2 Å². The van der Waals surface area contributed by atoms with E-state index in [1.807, 2.05) is 0 Å². The molecular weight excluding hydrogens is 316 g/mol. The van der Waals surface area contributed by atoms with E-state index < -0.39 is 24.0 Å². The summed E-state index contributed by atoms with van der Waals surface area (Å²) in [5.74, 6) is -5.54. The first-order chi connectivity index (χ1) is 11.4. The molecule has 4 N–H and O–H groups in total. The number of benzene rings is 1. The number of amides is 1. The lowest BCUT2D eigenvalue weighted by atomic mass is 9.97. The SMILES string of the molecule is NC(Cc1ccccc1)C(O)C(F)(F)C(=O)NCc1ccncc1. The number of hydrogen-bond donors (Lipinski definition) is 3. The number of rotatable bonds is 7. The summed E-state index contributed by atoms with van der Waals surface area (Å²) in [5, 5.41) is 11.9. The Kier molecular flexibility index (Phi) is 5.94. The molecule has 2 aromatic rings. The lowest BCUT2D eigenvalue weighted by molar-refractivity contribution is -0.165. The van der Waals surface area contributed by atoms with E-state index in [0.29, 0.717) is 11.1 Å². The Morgan fingerprint density at radius 1 is 1.17 bits per heavy atom. The van der Waals surface area contributed by atoms with E-state index in [4.69, 9.17) is 5.73 Å². The van der Waals surface area contributed by atoms with E-state index >= 15 is 0 Å². The molecule has 2 atom stereocenters. The number of carbonyl (C=O) groups excluding carboxylic acids is 1. The van der Waals surface area contributed by atoms with Crippen LogP contribution < -0.4 is 11.1 Å². The molecule has 1 aromatic heterocycles. The molecule has 128 valence electrons. The van der Waals surface area contributed by atoms with Gasteiger partial charge in [0.15, 0.2) is 0 Å². The van der Waals surface area contributed by atoms with Crippen molar-refractivity contribution >= 4 is 5.91 Å². The van der Waals surface area contributed by atoms with Crippen molar-refractivity contribution < 1.29 is 18.7 Å². The van der Waals surface area contributed by atoms with Gasteiger partial charge in [-0.2, -0.15) is 8.78 Å². The van der Waals surface area contributed by atoms with Crippen LogP contribution in [-0.2, 0) is 17.8 Å². The van der Waals surface area contributed by atoms with Crippen LogP contribution in [0, 0.1) is 0 Å². The number of aliphatic hydroxyl groups is 1. The Balaban J connectivity index is 1.95. The molecule has 1 aromatic carbocycles. The molecule has 0 spiro atoms. The fourth-order valence-electron chi connectivity index (χ4n) is 2.20. The van der Waals surface area contributed by atoms with Gasteiger partial charge in [0.1, 0.15) is 6.10 Å². The lowest BCUT2D eigenvalue weighted by Gasteiger charge is -2.26. The molecule has 1 amide bonds. The summed E-state index contributed by atoms with van der Waals surface area (Å²) in [7, 11) is 0. The van der Waals surface area contributed by atoms with E-state index in [-0.39, 0.29) is 13.0 Å². The Morgan fingerprint density at radius 3 is 2.42 bits per heavy atom. The Morgan fingerprint density at radius 2 is 1.79 bits per heavy atom. The van der Waals surface area contributed by atoms with Gasteiger partial charge in [-0.3, -0.25) is 9.78 Å². The molecule has 0 saturated carbocycles. The van der Waals surface area contributed by atoms with Crippen molar-refractivity contribution in [1.29, 1.82) is 0 Å². The Hall–Kier alpha value is -2.38. The lowest BCUT2D eigenvalue weighted by Crippen LogP contribution is -2.55. The molecule has 5 nitrogen and oxygen atoms in total. The van der Waals surface area contributed by atoms with Gasteiger partial charge in [0, 0.05) is 25.0 Å². The van der Waals surface area contributed by atoms with Gasteiger partial charge in [-0.05, 0) is 29.7 Å². The third kappa shape index (κ3) is 4.56. The van der Waals surface area contributed by atoms with Crippen LogP contribution in [0.15, 0.2) is 54.9 Å². The molecule has 24 heavy (non-hydrogen) atoms. The van der Waals surface area contributed by atoms with Crippen molar-refractivity contribution in [2.45, 2.75) is 31.0 Å². The molecule has 0 saturated heterocycles. The highest BCUT2D eigenvalue weighted by Crippen LogP contribution is 2.22. The maximum absolute atomic E-state index is 14.1. The molecule has 1 heterocycles. The zero-order chi connectivity index (χ0) is 17.6. The molecule has 0 bridgehead atoms. The predicted octanol–water partition coefficient (Wildman–Crippen LogP) is 1.26. The Bertz CT molecular complexity index is 653. The van der Waals surface area contributed by atoms with Crippen molar-refractivity contribution in [2.24, 2.45) is 5.73 Å². The number of carbonyl (C=O) groups is 1. The van der Waals surface area contributed by atoms with Crippen molar-refractivity contribution in [3.8, 4) is 0 Å². The molecule has 0 fully saturated rings. The van der Waals surface area contributed by atoms with Gasteiger partial charge in [-0.15, -0.1) is 0 Å². The van der Waals surface area contributed by atoms with E-state index in [2.05, 4.69) is 10.3 Å². The van der Waals surface area contributed by atoms with Gasteiger partial charge in [-0.25, -0.2) is 0 Å². The first-order valence-corrected chi connectivity index (χ1v) is 7.44. The van der Waals surface area contributed by atoms with Crippen molar-refractivity contribution in [1.82, 2.24) is 10.3 Å². The molecule has 0 aliphatic carbocycles. The third-order valence-corrected chi connectivity index (χ3v) is 3.60. The van der Waals surface area contributed by atoms with Crippen LogP contribution in [0.2, 0.25) is 0 Å². The molecule has 2 unspecified atom stereocenters. The smallest absolute Gasteiger partial charge is 0.351 e. The fraction of sp³-hybridized carbons (Fsp3) is 0.294. The molecule has 7 heteroatoms. The maximum atomic E-state index is 14.1. The standard InChI is InChI=1S/C17H19F2N3O2/c18-17(19,16(24)22-11-13-6-8-21-9-7-13)15(23)14(20)10-12-4-2-1-3-5-12/h1-9,14-15,23H,10-11,20H2,(H,22,24). The summed E-state index contributed by atoms with van der Waals surface area (Å²) in [4.78, 5) is 15.5. The van der Waals surface area contributed by atoms with Crippen molar-refractivity contribution in [3.63, 3.8) is 0 Å². The van der Waals surface area contributed by atoms with Crippen molar-refractivity contribution in [3.05, 3.63) is 66.0 Å². The minimum absolute atomic E-state index is 0.0369. The van der Waals surface area contributed by atoms with Crippen LogP contribution in [-0.4, -0.2) is 34.1 Å². The maximum Gasteiger partial charge on any atom is 0.351 e. The first kappa shape index (κ1) is 18.0. The molecule has 2 rings (SSSR count). The minimum Gasteiger partial charge on any atom is -0.385 e. The highest BCUT2D eigenvalue weighted by atomic mass is 19.3. The number of nitrogens with two attached hydrogens (primary N) is 1. The number of nitrogens with zero attached hydrogens (tertiary/aromatic N) is 1. The predicted molar refractivity (Wildman–Crippen MR) is 85.2 cm³/mol. The van der Waals surface area contributed by atoms with Crippen LogP contribution in [0.25, 0.3) is 0 Å². The fourth-order valence-corrected chi connectivity index (χ4v) is 2.20. The van der Waals surface area contributed by atoms with Crippen LogP contribution in [0.1, 0.15) is 11.1 Å². The zero-order valence-electron chi connectivity index (χ0n) is 12.9. The van der Waals surface area contributed by atoms with Gasteiger partial charge in [0.05, 0.1) is 0 Å². The normalized spacial score (nSPS) is 14.0. The summed E-state index contributed by atoms with van der Waals surface area (Å²) >= 11 is 0. The quantitative estimate of drug-likeness (QED) is 0.711. The molecular formula is C17H19F2N3O2. The van der Waals surface area contributed by atoms with E-state index in [9.17, 15) is 18.7 Å². The number of nitrogens with one attached hydrogen (secondary N) is 1. The first-order valence-electron chi connectivity index (χ1n) is 7.44. The van der Waals surface area contributed by atoms with Gasteiger partial charge >= 0.3 is 5.92 Å².